The fourth-order valence-electron chi connectivity index (χ4n) is 1.95. The van der Waals surface area contributed by atoms with Crippen molar-refractivity contribution >= 4 is 17.6 Å². The third-order valence-electron chi connectivity index (χ3n) is 3.03. The first-order chi connectivity index (χ1) is 10.6. The first-order valence-corrected chi connectivity index (χ1v) is 7.26. The zero-order valence-corrected chi connectivity index (χ0v) is 12.1. The monoisotopic (exact) mass is 320 g/mol. The van der Waals surface area contributed by atoms with E-state index in [2.05, 4.69) is 9.71 Å². The number of rotatable bonds is 4. The molecule has 0 atom stereocenters. The summed E-state index contributed by atoms with van der Waals surface area (Å²) in [5, 5.41) is 0. The molecule has 0 bridgehead atoms. The Morgan fingerprint density at radius 2 is 1.73 bits per heavy atom. The maximum absolute atomic E-state index is 13.7. The lowest BCUT2D eigenvalue weighted by Gasteiger charge is -2.04. The van der Waals surface area contributed by atoms with E-state index in [9.17, 15) is 13.2 Å². The van der Waals surface area contributed by atoms with E-state index in [-0.39, 0.29) is 11.5 Å². The molecule has 0 saturated carbocycles. The summed E-state index contributed by atoms with van der Waals surface area (Å²) in [5.74, 6) is -1.62. The topological polar surface area (TPSA) is 27.8 Å². The van der Waals surface area contributed by atoms with Crippen LogP contribution in [-0.4, -0.2) is 4.98 Å². The predicted molar refractivity (Wildman–Crippen MR) is 82.0 cm³/mol. The molecule has 1 aromatic heterocycles. The molecule has 0 amide bonds. The molecular formula is C16H11F3N2S. The molecule has 2 nitrogen and oxygen atoms in total. The average Bonchev–Trinajstić information content (AvgIpc) is 2.95. The highest BCUT2D eigenvalue weighted by Crippen LogP contribution is 2.28. The molecule has 2 aromatic carbocycles. The van der Waals surface area contributed by atoms with Gasteiger partial charge in [-0.2, -0.15) is 0 Å². The number of halogens is 3. The lowest BCUT2D eigenvalue weighted by Crippen LogP contribution is -1.91. The van der Waals surface area contributed by atoms with Crippen molar-refractivity contribution in [2.75, 3.05) is 4.72 Å². The van der Waals surface area contributed by atoms with Crippen molar-refractivity contribution in [3.63, 3.8) is 0 Å². The quantitative estimate of drug-likeness (QED) is 0.645. The molecule has 112 valence electrons. The number of nitrogens with one attached hydrogen (secondary N) is 2. The van der Waals surface area contributed by atoms with Gasteiger partial charge in [0.05, 0.1) is 5.69 Å². The van der Waals surface area contributed by atoms with Crippen molar-refractivity contribution in [1.82, 2.24) is 4.98 Å². The Kier molecular flexibility index (Phi) is 4.11. The van der Waals surface area contributed by atoms with Crippen LogP contribution in [0.3, 0.4) is 0 Å². The van der Waals surface area contributed by atoms with Gasteiger partial charge in [0, 0.05) is 28.4 Å². The van der Waals surface area contributed by atoms with E-state index >= 15 is 0 Å². The van der Waals surface area contributed by atoms with Crippen LogP contribution in [0.5, 0.6) is 0 Å². The van der Waals surface area contributed by atoms with Gasteiger partial charge in [-0.25, -0.2) is 13.2 Å². The molecule has 0 aliphatic heterocycles. The first kappa shape index (κ1) is 14.6. The summed E-state index contributed by atoms with van der Waals surface area (Å²) in [6.07, 6.45) is 1.68. The molecule has 0 aliphatic rings. The van der Waals surface area contributed by atoms with E-state index in [0.717, 1.165) is 22.9 Å². The summed E-state index contributed by atoms with van der Waals surface area (Å²) in [6, 6.07) is 11.5. The van der Waals surface area contributed by atoms with Crippen LogP contribution in [-0.2, 0) is 0 Å². The molecule has 1 heterocycles. The third-order valence-corrected chi connectivity index (χ3v) is 3.82. The van der Waals surface area contributed by atoms with Crippen molar-refractivity contribution in [3.05, 3.63) is 72.2 Å². The fraction of sp³-hybridized carbons (Fsp3) is 0. The number of benzene rings is 2. The van der Waals surface area contributed by atoms with E-state index < -0.39 is 11.6 Å². The zero-order valence-electron chi connectivity index (χ0n) is 11.2. The summed E-state index contributed by atoms with van der Waals surface area (Å²) in [4.78, 5) is 3.72. The van der Waals surface area contributed by atoms with Gasteiger partial charge in [-0.1, -0.05) is 12.1 Å². The highest BCUT2D eigenvalue weighted by molar-refractivity contribution is 8.00. The maximum Gasteiger partial charge on any atom is 0.150 e. The van der Waals surface area contributed by atoms with Crippen molar-refractivity contribution in [3.8, 4) is 11.3 Å². The van der Waals surface area contributed by atoms with Crippen LogP contribution < -0.4 is 4.72 Å². The van der Waals surface area contributed by atoms with E-state index in [1.54, 1.807) is 30.5 Å². The smallest absolute Gasteiger partial charge is 0.150 e. The van der Waals surface area contributed by atoms with Gasteiger partial charge in [-0.05, 0) is 42.3 Å². The van der Waals surface area contributed by atoms with Crippen LogP contribution in [0.1, 0.15) is 0 Å². The number of hydrogen-bond donors (Lipinski definition) is 2. The van der Waals surface area contributed by atoms with Gasteiger partial charge in [0.15, 0.2) is 0 Å². The van der Waals surface area contributed by atoms with Crippen molar-refractivity contribution in [2.45, 2.75) is 4.90 Å². The van der Waals surface area contributed by atoms with Gasteiger partial charge in [0.25, 0.3) is 0 Å². The van der Waals surface area contributed by atoms with Gasteiger partial charge >= 0.3 is 0 Å². The van der Waals surface area contributed by atoms with Gasteiger partial charge < -0.3 is 9.71 Å². The number of aromatic nitrogens is 1. The molecule has 0 unspecified atom stereocenters. The predicted octanol–water partition coefficient (Wildman–Crippen LogP) is 5.22. The van der Waals surface area contributed by atoms with Crippen molar-refractivity contribution in [1.29, 1.82) is 0 Å². The number of H-pyrrole nitrogens is 1. The molecule has 2 N–H and O–H groups in total. The van der Waals surface area contributed by atoms with Gasteiger partial charge in [-0.15, -0.1) is 0 Å². The Bertz CT molecular complexity index is 802. The molecule has 0 spiro atoms. The highest BCUT2D eigenvalue weighted by atomic mass is 32.2. The highest BCUT2D eigenvalue weighted by Gasteiger charge is 2.08. The lowest BCUT2D eigenvalue weighted by molar-refractivity contribution is 0.586. The summed E-state index contributed by atoms with van der Waals surface area (Å²) >= 11 is 1.15. The lowest BCUT2D eigenvalue weighted by atomic mass is 10.1. The van der Waals surface area contributed by atoms with Crippen LogP contribution in [0, 0.1) is 17.5 Å². The summed E-state index contributed by atoms with van der Waals surface area (Å²) in [6.45, 7) is 0. The normalized spacial score (nSPS) is 10.7. The Hall–Kier alpha value is -2.34. The second kappa shape index (κ2) is 6.19. The van der Waals surface area contributed by atoms with E-state index in [0.29, 0.717) is 11.3 Å². The van der Waals surface area contributed by atoms with E-state index in [4.69, 9.17) is 0 Å². The Labute approximate surface area is 129 Å². The molecule has 0 aliphatic carbocycles. The number of anilines is 1. The summed E-state index contributed by atoms with van der Waals surface area (Å²) in [7, 11) is 0. The minimum atomic E-state index is -0.669. The third kappa shape index (κ3) is 3.12. The Balaban J connectivity index is 1.74. The van der Waals surface area contributed by atoms with Crippen LogP contribution in [0.4, 0.5) is 18.9 Å². The fourth-order valence-corrected chi connectivity index (χ4v) is 2.64. The Morgan fingerprint density at radius 3 is 2.50 bits per heavy atom. The second-order valence-corrected chi connectivity index (χ2v) is 5.44. The van der Waals surface area contributed by atoms with Crippen LogP contribution >= 0.6 is 11.9 Å². The molecule has 3 aromatic rings. The standard InChI is InChI=1S/C16H11F3N2S/c17-10-5-6-15(14(19)7-10)21-22-11-8-16(20-9-11)12-3-1-2-4-13(12)18/h1-9,20-21H. The average molecular weight is 320 g/mol. The molecule has 22 heavy (non-hydrogen) atoms. The molecule has 0 radical (unpaired) electrons. The van der Waals surface area contributed by atoms with E-state index in [1.807, 2.05) is 0 Å². The molecule has 3 rings (SSSR count). The van der Waals surface area contributed by atoms with Crippen molar-refractivity contribution in [2.24, 2.45) is 0 Å². The molecular weight excluding hydrogens is 309 g/mol. The zero-order chi connectivity index (χ0) is 15.5. The summed E-state index contributed by atoms with van der Waals surface area (Å²) in [5.41, 5.74) is 1.27. The largest absolute Gasteiger partial charge is 0.360 e. The number of aromatic amines is 1. The van der Waals surface area contributed by atoms with E-state index in [1.165, 1.54) is 18.2 Å². The first-order valence-electron chi connectivity index (χ1n) is 6.45. The van der Waals surface area contributed by atoms with Gasteiger partial charge in [-0.3, -0.25) is 0 Å². The Morgan fingerprint density at radius 1 is 0.909 bits per heavy atom. The van der Waals surface area contributed by atoms with Crippen LogP contribution in [0.25, 0.3) is 11.3 Å². The molecule has 0 fully saturated rings. The van der Waals surface area contributed by atoms with Gasteiger partial charge in [0.1, 0.15) is 17.5 Å². The SMILES string of the molecule is Fc1ccc(NSc2c[nH]c(-c3ccccc3F)c2)c(F)c1. The second-order valence-electron chi connectivity index (χ2n) is 4.56. The minimum absolute atomic E-state index is 0.181. The van der Waals surface area contributed by atoms with Gasteiger partial charge in [0.2, 0.25) is 0 Å². The van der Waals surface area contributed by atoms with Crippen LogP contribution in [0.2, 0.25) is 0 Å². The maximum atomic E-state index is 13.7. The minimum Gasteiger partial charge on any atom is -0.360 e. The molecule has 0 saturated heterocycles. The number of hydrogen-bond acceptors (Lipinski definition) is 2. The van der Waals surface area contributed by atoms with Crippen LogP contribution in [0.15, 0.2) is 59.6 Å². The van der Waals surface area contributed by atoms with Crippen molar-refractivity contribution < 1.29 is 13.2 Å². The molecule has 6 heteroatoms. The summed E-state index contributed by atoms with van der Waals surface area (Å²) < 4.78 is 42.8.